The Labute approximate surface area is 145 Å². The molecule has 0 spiro atoms. The van der Waals surface area contributed by atoms with Crippen LogP contribution in [0.3, 0.4) is 0 Å². The summed E-state index contributed by atoms with van der Waals surface area (Å²) in [4.78, 5) is 13.8. The SMILES string of the molecule is CC(C)(C)OC(=O)N1C[C@@H]2C[C@@H](Nc3ccc(Cl)nn3)[C@@H](F)[C@@H]2C1. The number of hydrogen-bond acceptors (Lipinski definition) is 5. The van der Waals surface area contributed by atoms with Crippen LogP contribution in [-0.4, -0.2) is 52.1 Å². The molecule has 1 aliphatic carbocycles. The lowest BCUT2D eigenvalue weighted by Crippen LogP contribution is -2.38. The van der Waals surface area contributed by atoms with Gasteiger partial charge in [0.05, 0.1) is 6.04 Å². The van der Waals surface area contributed by atoms with Gasteiger partial charge in [-0.25, -0.2) is 9.18 Å². The van der Waals surface area contributed by atoms with Gasteiger partial charge in [-0.1, -0.05) is 11.6 Å². The first-order chi connectivity index (χ1) is 11.2. The second kappa shape index (κ2) is 6.35. The van der Waals surface area contributed by atoms with Gasteiger partial charge in [0, 0.05) is 19.0 Å². The number of nitrogens with one attached hydrogen (secondary N) is 1. The number of rotatable bonds is 2. The second-order valence-corrected chi connectivity index (χ2v) is 7.87. The van der Waals surface area contributed by atoms with Crippen LogP contribution in [0.1, 0.15) is 27.2 Å². The summed E-state index contributed by atoms with van der Waals surface area (Å²) in [6.45, 7) is 6.41. The monoisotopic (exact) mass is 356 g/mol. The van der Waals surface area contributed by atoms with E-state index in [2.05, 4.69) is 15.5 Å². The summed E-state index contributed by atoms with van der Waals surface area (Å²) in [7, 11) is 0. The Morgan fingerprint density at radius 3 is 2.71 bits per heavy atom. The van der Waals surface area contributed by atoms with Gasteiger partial charge in [0.1, 0.15) is 17.6 Å². The summed E-state index contributed by atoms with van der Waals surface area (Å²) in [5.74, 6) is 0.469. The van der Waals surface area contributed by atoms with E-state index in [1.54, 1.807) is 17.0 Å². The van der Waals surface area contributed by atoms with Crippen LogP contribution in [0.5, 0.6) is 0 Å². The fourth-order valence-electron chi connectivity index (χ4n) is 3.46. The molecule has 1 saturated carbocycles. The Morgan fingerprint density at radius 1 is 1.38 bits per heavy atom. The maximum atomic E-state index is 14.8. The van der Waals surface area contributed by atoms with Crippen molar-refractivity contribution in [2.24, 2.45) is 11.8 Å². The highest BCUT2D eigenvalue weighted by molar-refractivity contribution is 6.29. The Morgan fingerprint density at radius 2 is 2.12 bits per heavy atom. The van der Waals surface area contributed by atoms with E-state index in [4.69, 9.17) is 16.3 Å². The number of alkyl halides is 1. The first-order valence-electron chi connectivity index (χ1n) is 8.11. The van der Waals surface area contributed by atoms with Gasteiger partial charge in [-0.15, -0.1) is 10.2 Å². The number of aromatic nitrogens is 2. The predicted octanol–water partition coefficient (Wildman–Crippen LogP) is 3.14. The van der Waals surface area contributed by atoms with Crippen molar-refractivity contribution >= 4 is 23.5 Å². The molecule has 0 radical (unpaired) electrons. The van der Waals surface area contributed by atoms with Crippen LogP contribution in [0.15, 0.2) is 12.1 Å². The zero-order valence-corrected chi connectivity index (χ0v) is 14.8. The van der Waals surface area contributed by atoms with Crippen molar-refractivity contribution in [3.63, 3.8) is 0 Å². The number of carbonyl (C=O) groups is 1. The largest absolute Gasteiger partial charge is 0.444 e. The smallest absolute Gasteiger partial charge is 0.410 e. The molecule has 1 aromatic heterocycles. The van der Waals surface area contributed by atoms with Gasteiger partial charge in [-0.05, 0) is 45.2 Å². The minimum Gasteiger partial charge on any atom is -0.444 e. The van der Waals surface area contributed by atoms with Gasteiger partial charge in [-0.2, -0.15) is 0 Å². The van der Waals surface area contributed by atoms with Gasteiger partial charge >= 0.3 is 6.09 Å². The molecule has 0 bridgehead atoms. The zero-order valence-electron chi connectivity index (χ0n) is 14.0. The molecule has 1 amide bonds. The number of amides is 1. The lowest BCUT2D eigenvalue weighted by Gasteiger charge is -2.26. The lowest BCUT2D eigenvalue weighted by atomic mass is 10.0. The summed E-state index contributed by atoms with van der Waals surface area (Å²) in [6, 6.07) is 2.98. The number of hydrogen-bond donors (Lipinski definition) is 1. The molecule has 1 aliphatic heterocycles. The molecule has 8 heteroatoms. The molecule has 132 valence electrons. The number of likely N-dealkylation sites (tertiary alicyclic amines) is 1. The van der Waals surface area contributed by atoms with Gasteiger partial charge in [0.15, 0.2) is 5.15 Å². The van der Waals surface area contributed by atoms with E-state index in [9.17, 15) is 9.18 Å². The van der Waals surface area contributed by atoms with Crippen molar-refractivity contribution in [3.05, 3.63) is 17.3 Å². The molecule has 24 heavy (non-hydrogen) atoms. The minimum absolute atomic E-state index is 0.130. The van der Waals surface area contributed by atoms with Crippen molar-refractivity contribution in [2.75, 3.05) is 18.4 Å². The molecule has 0 unspecified atom stereocenters. The van der Waals surface area contributed by atoms with Gasteiger partial charge in [0.25, 0.3) is 0 Å². The Hall–Kier alpha value is -1.63. The summed E-state index contributed by atoms with van der Waals surface area (Å²) in [6.07, 6.45) is -0.757. The summed E-state index contributed by atoms with van der Waals surface area (Å²) >= 11 is 5.70. The summed E-state index contributed by atoms with van der Waals surface area (Å²) in [5, 5.41) is 11.0. The predicted molar refractivity (Wildman–Crippen MR) is 88.8 cm³/mol. The highest BCUT2D eigenvalue weighted by atomic mass is 35.5. The maximum Gasteiger partial charge on any atom is 0.410 e. The molecular weight excluding hydrogens is 335 g/mol. The second-order valence-electron chi connectivity index (χ2n) is 7.48. The third-order valence-electron chi connectivity index (χ3n) is 4.46. The van der Waals surface area contributed by atoms with Crippen molar-refractivity contribution < 1.29 is 13.9 Å². The number of carbonyl (C=O) groups excluding carboxylic acids is 1. The first kappa shape index (κ1) is 17.2. The lowest BCUT2D eigenvalue weighted by molar-refractivity contribution is 0.0273. The Balaban J connectivity index is 1.58. The average Bonchev–Trinajstić information content (AvgIpc) is 3.01. The van der Waals surface area contributed by atoms with Crippen molar-refractivity contribution in [1.29, 1.82) is 0 Å². The van der Waals surface area contributed by atoms with Crippen molar-refractivity contribution in [1.82, 2.24) is 15.1 Å². The van der Waals surface area contributed by atoms with Crippen LogP contribution < -0.4 is 5.32 Å². The minimum atomic E-state index is -1.04. The van der Waals surface area contributed by atoms with E-state index in [0.29, 0.717) is 30.5 Å². The Bertz CT molecular complexity index is 607. The summed E-state index contributed by atoms with van der Waals surface area (Å²) in [5.41, 5.74) is -0.540. The quantitative estimate of drug-likeness (QED) is 0.881. The van der Waals surface area contributed by atoms with Gasteiger partial charge < -0.3 is 15.0 Å². The van der Waals surface area contributed by atoms with E-state index < -0.39 is 11.8 Å². The van der Waals surface area contributed by atoms with Crippen LogP contribution in [0.4, 0.5) is 15.0 Å². The Kier molecular flexibility index (Phi) is 4.55. The third-order valence-corrected chi connectivity index (χ3v) is 4.66. The number of halogens is 2. The average molecular weight is 357 g/mol. The van der Waals surface area contributed by atoms with Crippen LogP contribution in [-0.2, 0) is 4.74 Å². The van der Waals surface area contributed by atoms with E-state index in [1.807, 2.05) is 20.8 Å². The molecule has 4 atom stereocenters. The molecule has 3 rings (SSSR count). The molecule has 2 fully saturated rings. The molecule has 0 aromatic carbocycles. The molecule has 2 heterocycles. The summed E-state index contributed by atoms with van der Waals surface area (Å²) < 4.78 is 20.1. The van der Waals surface area contributed by atoms with Gasteiger partial charge in [-0.3, -0.25) is 0 Å². The molecular formula is C16H22ClFN4O2. The molecule has 1 saturated heterocycles. The van der Waals surface area contributed by atoms with E-state index in [1.165, 1.54) is 0 Å². The molecule has 1 aromatic rings. The van der Waals surface area contributed by atoms with Crippen LogP contribution in [0.25, 0.3) is 0 Å². The van der Waals surface area contributed by atoms with E-state index in [-0.39, 0.29) is 24.0 Å². The van der Waals surface area contributed by atoms with Crippen LogP contribution >= 0.6 is 11.6 Å². The highest BCUT2D eigenvalue weighted by Gasteiger charge is 2.50. The topological polar surface area (TPSA) is 67.3 Å². The van der Waals surface area contributed by atoms with Crippen molar-refractivity contribution in [3.8, 4) is 0 Å². The molecule has 1 N–H and O–H groups in total. The normalized spacial score (nSPS) is 29.5. The van der Waals surface area contributed by atoms with Crippen LogP contribution in [0.2, 0.25) is 5.15 Å². The number of anilines is 1. The zero-order chi connectivity index (χ0) is 17.5. The fraction of sp³-hybridized carbons (Fsp3) is 0.688. The van der Waals surface area contributed by atoms with E-state index in [0.717, 1.165) is 0 Å². The number of fused-ring (bicyclic) bond motifs is 1. The first-order valence-corrected chi connectivity index (χ1v) is 8.48. The van der Waals surface area contributed by atoms with Crippen LogP contribution in [0, 0.1) is 11.8 Å². The van der Waals surface area contributed by atoms with Gasteiger partial charge in [0.2, 0.25) is 0 Å². The standard InChI is InChI=1S/C16H22ClFN4O2/c1-16(2,3)24-15(23)22-7-9-6-11(14(18)10(9)8-22)19-13-5-4-12(17)20-21-13/h4-5,9-11,14H,6-8H2,1-3H3,(H,19,21)/t9-,10+,11+,14-/m0/s1. The highest BCUT2D eigenvalue weighted by Crippen LogP contribution is 2.41. The van der Waals surface area contributed by atoms with E-state index >= 15 is 0 Å². The fourth-order valence-corrected chi connectivity index (χ4v) is 3.56. The molecule has 2 aliphatic rings. The van der Waals surface area contributed by atoms with Crippen molar-refractivity contribution in [2.45, 2.75) is 45.0 Å². The number of nitrogens with zero attached hydrogens (tertiary/aromatic N) is 3. The number of ether oxygens (including phenoxy) is 1. The third kappa shape index (κ3) is 3.71. The molecule has 6 nitrogen and oxygen atoms in total. The maximum absolute atomic E-state index is 14.8.